The number of hydrogen-bond donors (Lipinski definition) is 1. The van der Waals surface area contributed by atoms with E-state index < -0.39 is 0 Å². The summed E-state index contributed by atoms with van der Waals surface area (Å²) in [4.78, 5) is 21.8. The number of nitrogens with one attached hydrogen (secondary N) is 1. The van der Waals surface area contributed by atoms with Crippen molar-refractivity contribution in [3.63, 3.8) is 0 Å². The molecular weight excluding hydrogens is 330 g/mol. The summed E-state index contributed by atoms with van der Waals surface area (Å²) in [5.41, 5.74) is 2.79. The van der Waals surface area contributed by atoms with Crippen molar-refractivity contribution in [2.75, 3.05) is 5.75 Å². The second-order valence-corrected chi connectivity index (χ2v) is 6.61. The highest BCUT2D eigenvalue weighted by Crippen LogP contribution is 2.20. The van der Waals surface area contributed by atoms with Crippen LogP contribution in [0.15, 0.2) is 78.1 Å². The number of benzene rings is 1. The average molecular weight is 349 g/mol. The first-order chi connectivity index (χ1) is 12.3. The van der Waals surface area contributed by atoms with E-state index in [2.05, 4.69) is 27.4 Å². The summed E-state index contributed by atoms with van der Waals surface area (Å²) in [6.07, 6.45) is 5.76. The summed E-state index contributed by atoms with van der Waals surface area (Å²) in [7, 11) is 0. The zero-order chi connectivity index (χ0) is 17.3. The number of hydrogen-bond acceptors (Lipinski definition) is 4. The van der Waals surface area contributed by atoms with E-state index in [1.54, 1.807) is 30.4 Å². The number of thioether (sulfide) groups is 1. The Hall–Kier alpha value is -2.66. The maximum absolute atomic E-state index is 12.1. The Balaban J connectivity index is 1.52. The van der Waals surface area contributed by atoms with Crippen LogP contribution in [0.25, 0.3) is 11.3 Å². The Kier molecular flexibility index (Phi) is 6.17. The van der Waals surface area contributed by atoms with Gasteiger partial charge in [-0.15, -0.1) is 11.8 Å². The molecule has 25 heavy (non-hydrogen) atoms. The molecule has 0 spiro atoms. The van der Waals surface area contributed by atoms with Crippen LogP contribution in [0.1, 0.15) is 12.0 Å². The maximum Gasteiger partial charge on any atom is 0.221 e. The zero-order valence-corrected chi connectivity index (χ0v) is 14.6. The summed E-state index contributed by atoms with van der Waals surface area (Å²) >= 11 is 1.69. The van der Waals surface area contributed by atoms with Gasteiger partial charge in [-0.3, -0.25) is 14.8 Å². The number of amides is 1. The Morgan fingerprint density at radius 2 is 1.84 bits per heavy atom. The molecule has 0 aliphatic carbocycles. The molecule has 0 aliphatic rings. The van der Waals surface area contributed by atoms with Gasteiger partial charge in [-0.25, -0.2) is 0 Å². The Bertz CT molecular complexity index is 809. The van der Waals surface area contributed by atoms with Crippen molar-refractivity contribution in [3.05, 3.63) is 78.8 Å². The van der Waals surface area contributed by atoms with E-state index in [0.717, 1.165) is 22.6 Å². The van der Waals surface area contributed by atoms with Crippen molar-refractivity contribution in [2.45, 2.75) is 17.9 Å². The van der Waals surface area contributed by atoms with Crippen molar-refractivity contribution < 1.29 is 4.79 Å². The molecule has 0 atom stereocenters. The first-order valence-corrected chi connectivity index (χ1v) is 9.10. The van der Waals surface area contributed by atoms with Crippen LogP contribution in [0.4, 0.5) is 0 Å². The van der Waals surface area contributed by atoms with Crippen LogP contribution in [0.3, 0.4) is 0 Å². The topological polar surface area (TPSA) is 54.9 Å². The molecule has 2 heterocycles. The first-order valence-electron chi connectivity index (χ1n) is 8.12. The van der Waals surface area contributed by atoms with Gasteiger partial charge in [0, 0.05) is 47.8 Å². The highest BCUT2D eigenvalue weighted by Gasteiger charge is 2.08. The van der Waals surface area contributed by atoms with Crippen molar-refractivity contribution in [1.29, 1.82) is 0 Å². The van der Waals surface area contributed by atoms with Gasteiger partial charge < -0.3 is 5.32 Å². The second-order valence-electron chi connectivity index (χ2n) is 5.44. The van der Waals surface area contributed by atoms with Crippen molar-refractivity contribution in [1.82, 2.24) is 15.3 Å². The molecule has 4 nitrogen and oxygen atoms in total. The van der Waals surface area contributed by atoms with Gasteiger partial charge in [0.05, 0.1) is 5.69 Å². The van der Waals surface area contributed by atoms with Gasteiger partial charge in [-0.1, -0.05) is 24.3 Å². The van der Waals surface area contributed by atoms with Crippen LogP contribution in [0.2, 0.25) is 0 Å². The molecular formula is C20H19N3OS. The molecule has 2 aromatic heterocycles. The Morgan fingerprint density at radius 3 is 2.64 bits per heavy atom. The highest BCUT2D eigenvalue weighted by molar-refractivity contribution is 7.99. The fourth-order valence-corrected chi connectivity index (χ4v) is 3.28. The number of nitrogens with zero attached hydrogens (tertiary/aromatic N) is 2. The third kappa shape index (κ3) is 5.16. The number of rotatable bonds is 7. The van der Waals surface area contributed by atoms with E-state index in [-0.39, 0.29) is 5.91 Å². The zero-order valence-electron chi connectivity index (χ0n) is 13.8. The average Bonchev–Trinajstić information content (AvgIpc) is 2.68. The summed E-state index contributed by atoms with van der Waals surface area (Å²) < 4.78 is 0. The van der Waals surface area contributed by atoms with Crippen molar-refractivity contribution in [3.8, 4) is 11.3 Å². The summed E-state index contributed by atoms with van der Waals surface area (Å²) in [5, 5.41) is 2.98. The lowest BCUT2D eigenvalue weighted by molar-refractivity contribution is -0.120. The van der Waals surface area contributed by atoms with Gasteiger partial charge in [0.1, 0.15) is 0 Å². The normalized spacial score (nSPS) is 10.4. The minimum atomic E-state index is 0.0458. The third-order valence-corrected chi connectivity index (χ3v) is 4.66. The van der Waals surface area contributed by atoms with Crippen LogP contribution < -0.4 is 5.32 Å². The number of pyridine rings is 2. The summed E-state index contributed by atoms with van der Waals surface area (Å²) in [5.74, 6) is 0.808. The molecule has 1 amide bonds. The minimum absolute atomic E-state index is 0.0458. The fraction of sp³-hybridized carbons (Fsp3) is 0.150. The smallest absolute Gasteiger partial charge is 0.221 e. The number of carbonyl (C=O) groups is 1. The largest absolute Gasteiger partial charge is 0.352 e. The van der Waals surface area contributed by atoms with E-state index >= 15 is 0 Å². The molecule has 0 saturated carbocycles. The molecule has 0 aliphatic heterocycles. The van der Waals surface area contributed by atoms with E-state index in [0.29, 0.717) is 13.0 Å². The molecule has 5 heteroatoms. The first kappa shape index (κ1) is 17.2. The molecule has 0 unspecified atom stereocenters. The lowest BCUT2D eigenvalue weighted by Gasteiger charge is -2.10. The van der Waals surface area contributed by atoms with Gasteiger partial charge in [-0.2, -0.15) is 0 Å². The van der Waals surface area contributed by atoms with E-state index in [4.69, 9.17) is 0 Å². The van der Waals surface area contributed by atoms with Crippen LogP contribution in [-0.4, -0.2) is 21.6 Å². The lowest BCUT2D eigenvalue weighted by Crippen LogP contribution is -2.23. The van der Waals surface area contributed by atoms with Gasteiger partial charge in [0.25, 0.3) is 0 Å². The summed E-state index contributed by atoms with van der Waals surface area (Å²) in [6.45, 7) is 0.465. The van der Waals surface area contributed by atoms with E-state index in [1.165, 1.54) is 4.90 Å². The van der Waals surface area contributed by atoms with Gasteiger partial charge >= 0.3 is 0 Å². The Morgan fingerprint density at radius 1 is 1.00 bits per heavy atom. The second kappa shape index (κ2) is 8.99. The van der Waals surface area contributed by atoms with Crippen LogP contribution in [-0.2, 0) is 11.3 Å². The minimum Gasteiger partial charge on any atom is -0.352 e. The number of carbonyl (C=O) groups excluding carboxylic acids is 1. The van der Waals surface area contributed by atoms with Crippen LogP contribution in [0.5, 0.6) is 0 Å². The summed E-state index contributed by atoms with van der Waals surface area (Å²) in [6, 6.07) is 17.8. The fourth-order valence-electron chi connectivity index (χ4n) is 2.40. The maximum atomic E-state index is 12.1. The third-order valence-electron chi connectivity index (χ3n) is 3.64. The number of aromatic nitrogens is 2. The van der Waals surface area contributed by atoms with Crippen molar-refractivity contribution in [2.24, 2.45) is 0 Å². The highest BCUT2D eigenvalue weighted by atomic mass is 32.2. The molecule has 3 aromatic rings. The molecule has 0 bridgehead atoms. The van der Waals surface area contributed by atoms with Crippen LogP contribution in [0, 0.1) is 0 Å². The predicted molar refractivity (Wildman–Crippen MR) is 101 cm³/mol. The monoisotopic (exact) mass is 349 g/mol. The van der Waals surface area contributed by atoms with E-state index in [1.807, 2.05) is 42.5 Å². The molecule has 0 fully saturated rings. The predicted octanol–water partition coefficient (Wildman–Crippen LogP) is 3.94. The molecule has 1 aromatic carbocycles. The lowest BCUT2D eigenvalue weighted by atomic mass is 10.1. The molecule has 0 radical (unpaired) electrons. The van der Waals surface area contributed by atoms with E-state index in [9.17, 15) is 4.79 Å². The standard InChI is InChI=1S/C20H19N3OS/c24-19(10-13-25-18-8-2-1-3-9-18)23-15-17-7-5-12-22-20(17)16-6-4-11-21-14-16/h1-9,11-12,14H,10,13,15H2,(H,23,24). The SMILES string of the molecule is O=C(CCSc1ccccc1)NCc1cccnc1-c1cccnc1. The van der Waals surface area contributed by atoms with Crippen LogP contribution >= 0.6 is 11.8 Å². The van der Waals surface area contributed by atoms with Gasteiger partial charge in [0.15, 0.2) is 0 Å². The molecule has 3 rings (SSSR count). The van der Waals surface area contributed by atoms with Gasteiger partial charge in [0.2, 0.25) is 5.91 Å². The molecule has 1 N–H and O–H groups in total. The quantitative estimate of drug-likeness (QED) is 0.657. The van der Waals surface area contributed by atoms with Crippen molar-refractivity contribution >= 4 is 17.7 Å². The molecule has 0 saturated heterocycles. The van der Waals surface area contributed by atoms with Gasteiger partial charge in [-0.05, 0) is 35.9 Å². The Labute approximate surface area is 151 Å². The molecule has 126 valence electrons.